The van der Waals surface area contributed by atoms with E-state index in [4.69, 9.17) is 14.2 Å². The summed E-state index contributed by atoms with van der Waals surface area (Å²) in [4.78, 5) is 13.1. The molecule has 200 valence electrons. The van der Waals surface area contributed by atoms with E-state index in [-0.39, 0.29) is 25.1 Å². The first-order valence-electron chi connectivity index (χ1n) is 12.5. The van der Waals surface area contributed by atoms with Crippen molar-refractivity contribution in [1.82, 2.24) is 4.31 Å². The maximum atomic E-state index is 13.8. The van der Waals surface area contributed by atoms with Crippen LogP contribution in [0.5, 0.6) is 17.2 Å². The number of nitrogens with zero attached hydrogens (tertiary/aromatic N) is 2. The Balaban J connectivity index is 1.49. The molecule has 9 heteroatoms. The highest BCUT2D eigenvalue weighted by molar-refractivity contribution is 7.91. The third kappa shape index (κ3) is 4.90. The summed E-state index contributed by atoms with van der Waals surface area (Å²) < 4.78 is 46.5. The average Bonchev–Trinajstić information content (AvgIpc) is 3.32. The quantitative estimate of drug-likeness (QED) is 0.422. The first-order valence-corrected chi connectivity index (χ1v) is 13.9. The molecular weight excluding hydrogens is 504 g/mol. The molecule has 0 bridgehead atoms. The molecular formula is C29H32N2O6S. The Morgan fingerprint density at radius 2 is 1.61 bits per heavy atom. The molecule has 1 fully saturated rings. The number of hydrogen-bond acceptors (Lipinski definition) is 6. The molecule has 3 aromatic carbocycles. The number of rotatable bonds is 8. The highest BCUT2D eigenvalue weighted by Gasteiger charge is 2.44. The second-order valence-corrected chi connectivity index (χ2v) is 12.3. The Morgan fingerprint density at radius 3 is 2.29 bits per heavy atom. The van der Waals surface area contributed by atoms with Crippen molar-refractivity contribution in [1.29, 1.82) is 0 Å². The summed E-state index contributed by atoms with van der Waals surface area (Å²) in [5.74, 6) is 0.949. The maximum Gasteiger partial charge on any atom is 0.329 e. The molecule has 0 atom stereocenters. The number of ether oxygens (including phenoxy) is 3. The highest BCUT2D eigenvalue weighted by Crippen LogP contribution is 2.44. The molecule has 1 heterocycles. The largest absolute Gasteiger partial charge is 0.497 e. The van der Waals surface area contributed by atoms with Gasteiger partial charge in [-0.25, -0.2) is 8.61 Å². The number of fused-ring (bicyclic) bond motifs is 1. The molecule has 8 nitrogen and oxygen atoms in total. The molecule has 0 saturated carbocycles. The SMILES string of the molecule is COc1ccc(CN2C(=O)CN(c3cc4c(cc3OCc3ccccc3)CC(C)(C)C4)S2(=O)=O)c(OC)c1. The van der Waals surface area contributed by atoms with Gasteiger partial charge in [-0.15, -0.1) is 0 Å². The maximum absolute atomic E-state index is 13.8. The lowest BCUT2D eigenvalue weighted by atomic mass is 9.90. The first kappa shape index (κ1) is 25.9. The molecule has 38 heavy (non-hydrogen) atoms. The number of methoxy groups -OCH3 is 2. The van der Waals surface area contributed by atoms with Crippen LogP contribution >= 0.6 is 0 Å². The Hall–Kier alpha value is -3.72. The van der Waals surface area contributed by atoms with E-state index in [0.717, 1.165) is 38.1 Å². The van der Waals surface area contributed by atoms with Gasteiger partial charge < -0.3 is 14.2 Å². The molecule has 3 aromatic rings. The van der Waals surface area contributed by atoms with Gasteiger partial charge in [-0.3, -0.25) is 4.79 Å². The van der Waals surface area contributed by atoms with Gasteiger partial charge in [-0.2, -0.15) is 8.42 Å². The van der Waals surface area contributed by atoms with E-state index in [1.165, 1.54) is 14.2 Å². The number of amides is 1. The summed E-state index contributed by atoms with van der Waals surface area (Å²) in [6.07, 6.45) is 1.70. The topological polar surface area (TPSA) is 85.4 Å². The van der Waals surface area contributed by atoms with Gasteiger partial charge >= 0.3 is 10.2 Å². The van der Waals surface area contributed by atoms with Gasteiger partial charge in [-0.05, 0) is 59.2 Å². The van der Waals surface area contributed by atoms with E-state index in [1.54, 1.807) is 18.2 Å². The minimum atomic E-state index is -4.17. The fourth-order valence-electron chi connectivity index (χ4n) is 5.17. The van der Waals surface area contributed by atoms with Crippen molar-refractivity contribution in [3.05, 3.63) is 82.9 Å². The van der Waals surface area contributed by atoms with E-state index >= 15 is 0 Å². The van der Waals surface area contributed by atoms with E-state index in [9.17, 15) is 13.2 Å². The van der Waals surface area contributed by atoms with E-state index in [0.29, 0.717) is 28.5 Å². The van der Waals surface area contributed by atoms with Crippen LogP contribution in [0.2, 0.25) is 0 Å². The molecule has 0 radical (unpaired) electrons. The molecule has 0 N–H and O–H groups in total. The minimum absolute atomic E-state index is 0.0638. The Morgan fingerprint density at radius 1 is 0.895 bits per heavy atom. The van der Waals surface area contributed by atoms with E-state index < -0.39 is 16.1 Å². The molecule has 1 aliphatic heterocycles. The molecule has 5 rings (SSSR count). The molecule has 0 spiro atoms. The van der Waals surface area contributed by atoms with Gasteiger partial charge in [0.1, 0.15) is 30.4 Å². The van der Waals surface area contributed by atoms with E-state index in [2.05, 4.69) is 13.8 Å². The van der Waals surface area contributed by atoms with Crippen LogP contribution in [0.4, 0.5) is 5.69 Å². The van der Waals surface area contributed by atoms with Crippen molar-refractivity contribution in [2.24, 2.45) is 5.41 Å². The smallest absolute Gasteiger partial charge is 0.329 e. The van der Waals surface area contributed by atoms with Gasteiger partial charge in [0.25, 0.3) is 5.91 Å². The average molecular weight is 537 g/mol. The second kappa shape index (κ2) is 9.87. The summed E-state index contributed by atoms with van der Waals surface area (Å²) in [6, 6.07) is 18.6. The van der Waals surface area contributed by atoms with Crippen molar-refractivity contribution in [3.63, 3.8) is 0 Å². The number of hydrogen-bond donors (Lipinski definition) is 0. The summed E-state index contributed by atoms with van der Waals surface area (Å²) in [6.45, 7) is 4.22. The standard InChI is InChI=1S/C29H32N2O6S/c1-29(2)15-22-12-25(27(13-23(22)16-29)37-19-20-8-6-5-7-9-20)30-18-28(32)31(38(30,33)34)17-21-10-11-24(35-3)14-26(21)36-4/h5-14H,15-19H2,1-4H3. The lowest BCUT2D eigenvalue weighted by molar-refractivity contribution is -0.124. The molecule has 1 amide bonds. The Labute approximate surface area is 223 Å². The lowest BCUT2D eigenvalue weighted by Crippen LogP contribution is -2.34. The summed E-state index contributed by atoms with van der Waals surface area (Å²) in [5.41, 5.74) is 4.19. The Kier molecular flexibility index (Phi) is 6.73. The van der Waals surface area contributed by atoms with Gasteiger partial charge in [-0.1, -0.05) is 44.2 Å². The van der Waals surface area contributed by atoms with Crippen LogP contribution in [0, 0.1) is 5.41 Å². The third-order valence-corrected chi connectivity index (χ3v) is 8.82. The first-order chi connectivity index (χ1) is 18.1. The lowest BCUT2D eigenvalue weighted by Gasteiger charge is -2.23. The summed E-state index contributed by atoms with van der Waals surface area (Å²) >= 11 is 0. The van der Waals surface area contributed by atoms with Crippen LogP contribution in [0.1, 0.15) is 36.1 Å². The number of anilines is 1. The monoisotopic (exact) mass is 536 g/mol. The molecule has 1 saturated heterocycles. The van der Waals surface area contributed by atoms with Crippen molar-refractivity contribution < 1.29 is 27.4 Å². The van der Waals surface area contributed by atoms with Crippen LogP contribution < -0.4 is 18.5 Å². The van der Waals surface area contributed by atoms with Crippen LogP contribution in [-0.2, 0) is 41.0 Å². The molecule has 0 unspecified atom stereocenters. The van der Waals surface area contributed by atoms with Crippen molar-refractivity contribution in [3.8, 4) is 17.2 Å². The third-order valence-electron chi connectivity index (χ3n) is 7.05. The molecule has 0 aromatic heterocycles. The van der Waals surface area contributed by atoms with Crippen LogP contribution in [0.15, 0.2) is 60.7 Å². The van der Waals surface area contributed by atoms with Crippen molar-refractivity contribution >= 4 is 21.8 Å². The van der Waals surface area contributed by atoms with E-state index in [1.807, 2.05) is 42.5 Å². The Bertz CT molecular complexity index is 1470. The number of benzene rings is 3. The molecule has 1 aliphatic carbocycles. The van der Waals surface area contributed by atoms with Crippen LogP contribution in [0.25, 0.3) is 0 Å². The van der Waals surface area contributed by atoms with Gasteiger partial charge in [0.05, 0.1) is 26.5 Å². The van der Waals surface area contributed by atoms with Crippen LogP contribution in [0.3, 0.4) is 0 Å². The van der Waals surface area contributed by atoms with Crippen LogP contribution in [-0.4, -0.2) is 39.4 Å². The van der Waals surface area contributed by atoms with Gasteiger partial charge in [0.15, 0.2) is 0 Å². The predicted octanol–water partition coefficient (Wildman–Crippen LogP) is 4.50. The normalized spacial score (nSPS) is 17.4. The summed E-state index contributed by atoms with van der Waals surface area (Å²) in [7, 11) is -1.14. The minimum Gasteiger partial charge on any atom is -0.497 e. The predicted molar refractivity (Wildman–Crippen MR) is 145 cm³/mol. The van der Waals surface area contributed by atoms with Crippen molar-refractivity contribution in [2.75, 3.05) is 25.1 Å². The zero-order chi connectivity index (χ0) is 27.1. The fourth-order valence-corrected chi connectivity index (χ4v) is 6.69. The highest BCUT2D eigenvalue weighted by atomic mass is 32.2. The molecule has 2 aliphatic rings. The van der Waals surface area contributed by atoms with Gasteiger partial charge in [0.2, 0.25) is 0 Å². The fraction of sp³-hybridized carbons (Fsp3) is 0.345. The zero-order valence-electron chi connectivity index (χ0n) is 22.1. The summed E-state index contributed by atoms with van der Waals surface area (Å²) in [5, 5.41) is 0. The zero-order valence-corrected chi connectivity index (χ0v) is 22.9. The number of carbonyl (C=O) groups is 1. The number of carbonyl (C=O) groups excluding carboxylic acids is 1. The van der Waals surface area contributed by atoms with Crippen molar-refractivity contribution in [2.45, 2.75) is 39.8 Å². The van der Waals surface area contributed by atoms with Gasteiger partial charge in [0, 0.05) is 11.6 Å². The second-order valence-electron chi connectivity index (χ2n) is 10.5.